The lowest BCUT2D eigenvalue weighted by atomic mass is 10.1. The summed E-state index contributed by atoms with van der Waals surface area (Å²) >= 11 is 0. The Kier molecular flexibility index (Phi) is 6.25. The highest BCUT2D eigenvalue weighted by atomic mass is 19.3. The van der Waals surface area contributed by atoms with E-state index in [-0.39, 0.29) is 12.4 Å². The fourth-order valence-corrected chi connectivity index (χ4v) is 2.34. The van der Waals surface area contributed by atoms with Gasteiger partial charge in [-0.25, -0.2) is 0 Å². The Hall–Kier alpha value is -2.73. The molecule has 0 aliphatic carbocycles. The van der Waals surface area contributed by atoms with E-state index < -0.39 is 12.5 Å². The minimum absolute atomic E-state index is 0.0116. The SMILES string of the molecule is C/C(=C/C(=O)Nc1cc(CO)ccc1C)c1ccccc1OC(F)F. The van der Waals surface area contributed by atoms with Gasteiger partial charge >= 0.3 is 6.61 Å². The maximum atomic E-state index is 12.5. The minimum Gasteiger partial charge on any atom is -0.434 e. The molecule has 25 heavy (non-hydrogen) atoms. The zero-order valence-corrected chi connectivity index (χ0v) is 13.9. The molecule has 2 aromatic rings. The molecule has 0 saturated carbocycles. The lowest BCUT2D eigenvalue weighted by molar-refractivity contribution is -0.111. The van der Waals surface area contributed by atoms with Crippen molar-refractivity contribution >= 4 is 17.2 Å². The molecule has 0 heterocycles. The van der Waals surface area contributed by atoms with Gasteiger partial charge in [0.05, 0.1) is 6.61 Å². The average Bonchev–Trinajstić information content (AvgIpc) is 2.56. The molecule has 0 spiro atoms. The number of hydrogen-bond donors (Lipinski definition) is 2. The van der Waals surface area contributed by atoms with E-state index in [0.717, 1.165) is 5.56 Å². The van der Waals surface area contributed by atoms with E-state index in [9.17, 15) is 18.7 Å². The van der Waals surface area contributed by atoms with Gasteiger partial charge in [-0.15, -0.1) is 0 Å². The van der Waals surface area contributed by atoms with Crippen LogP contribution in [0.1, 0.15) is 23.6 Å². The summed E-state index contributed by atoms with van der Waals surface area (Å²) in [6.07, 6.45) is 1.32. The van der Waals surface area contributed by atoms with Crippen molar-refractivity contribution in [2.75, 3.05) is 5.32 Å². The summed E-state index contributed by atoms with van der Waals surface area (Å²) in [4.78, 5) is 12.2. The summed E-state index contributed by atoms with van der Waals surface area (Å²) in [5.74, 6) is -0.389. The highest BCUT2D eigenvalue weighted by Crippen LogP contribution is 2.27. The van der Waals surface area contributed by atoms with Crippen LogP contribution in [0.25, 0.3) is 5.57 Å². The van der Waals surface area contributed by atoms with Crippen LogP contribution in [0.4, 0.5) is 14.5 Å². The second-order valence-electron chi connectivity index (χ2n) is 5.50. The molecular formula is C19H19F2NO3. The van der Waals surface area contributed by atoms with Gasteiger partial charge in [-0.3, -0.25) is 4.79 Å². The number of aliphatic hydroxyl groups is 1. The maximum absolute atomic E-state index is 12.5. The van der Waals surface area contributed by atoms with E-state index in [2.05, 4.69) is 10.1 Å². The first-order valence-corrected chi connectivity index (χ1v) is 7.64. The molecule has 0 unspecified atom stereocenters. The van der Waals surface area contributed by atoms with Crippen LogP contribution in [0.3, 0.4) is 0 Å². The molecule has 2 rings (SSSR count). The number of alkyl halides is 2. The van der Waals surface area contributed by atoms with Crippen molar-refractivity contribution in [3.05, 3.63) is 65.2 Å². The number of aryl methyl sites for hydroxylation is 1. The fourth-order valence-electron chi connectivity index (χ4n) is 2.34. The Morgan fingerprint density at radius 1 is 1.28 bits per heavy atom. The van der Waals surface area contributed by atoms with Crippen molar-refractivity contribution < 1.29 is 23.4 Å². The predicted molar refractivity (Wildman–Crippen MR) is 92.5 cm³/mol. The van der Waals surface area contributed by atoms with Crippen LogP contribution >= 0.6 is 0 Å². The van der Waals surface area contributed by atoms with E-state index >= 15 is 0 Å². The third-order valence-electron chi connectivity index (χ3n) is 3.62. The van der Waals surface area contributed by atoms with Gasteiger partial charge in [-0.2, -0.15) is 8.78 Å². The fraction of sp³-hybridized carbons (Fsp3) is 0.211. The number of carbonyl (C=O) groups is 1. The largest absolute Gasteiger partial charge is 0.434 e. The Balaban J connectivity index is 2.21. The minimum atomic E-state index is -2.94. The molecule has 2 aromatic carbocycles. The molecular weight excluding hydrogens is 328 g/mol. The van der Waals surface area contributed by atoms with Crippen LogP contribution in [0.15, 0.2) is 48.5 Å². The number of ether oxygens (including phenoxy) is 1. The van der Waals surface area contributed by atoms with Crippen molar-refractivity contribution in [1.29, 1.82) is 0 Å². The molecule has 0 aromatic heterocycles. The Morgan fingerprint density at radius 3 is 2.68 bits per heavy atom. The van der Waals surface area contributed by atoms with Crippen molar-refractivity contribution in [3.63, 3.8) is 0 Å². The zero-order chi connectivity index (χ0) is 18.4. The first-order chi connectivity index (χ1) is 11.9. The molecule has 0 atom stereocenters. The molecule has 4 nitrogen and oxygen atoms in total. The summed E-state index contributed by atoms with van der Waals surface area (Å²) in [5, 5.41) is 11.9. The molecule has 0 aliphatic heterocycles. The number of aliphatic hydroxyl groups excluding tert-OH is 1. The molecule has 0 radical (unpaired) electrons. The number of anilines is 1. The van der Waals surface area contributed by atoms with Gasteiger partial charge in [0.15, 0.2) is 0 Å². The molecule has 0 bridgehead atoms. The van der Waals surface area contributed by atoms with E-state index in [1.54, 1.807) is 43.3 Å². The average molecular weight is 347 g/mol. The quantitative estimate of drug-likeness (QED) is 0.773. The number of rotatable bonds is 6. The Bertz CT molecular complexity index is 788. The second-order valence-corrected chi connectivity index (χ2v) is 5.50. The summed E-state index contributed by atoms with van der Waals surface area (Å²) in [7, 11) is 0. The van der Waals surface area contributed by atoms with Crippen molar-refractivity contribution in [2.24, 2.45) is 0 Å². The van der Waals surface area contributed by atoms with Crippen LogP contribution in [-0.2, 0) is 11.4 Å². The smallest absolute Gasteiger partial charge is 0.387 e. The van der Waals surface area contributed by atoms with Crippen LogP contribution in [0, 0.1) is 6.92 Å². The number of amides is 1. The van der Waals surface area contributed by atoms with E-state index in [4.69, 9.17) is 0 Å². The lowest BCUT2D eigenvalue weighted by Gasteiger charge is -2.12. The zero-order valence-electron chi connectivity index (χ0n) is 13.9. The Labute approximate surface area is 144 Å². The Morgan fingerprint density at radius 2 is 2.00 bits per heavy atom. The second kappa shape index (κ2) is 8.39. The number of para-hydroxylation sites is 1. The first kappa shape index (κ1) is 18.6. The lowest BCUT2D eigenvalue weighted by Crippen LogP contribution is -2.10. The molecule has 0 saturated heterocycles. The number of hydrogen-bond acceptors (Lipinski definition) is 3. The number of halogens is 2. The third kappa shape index (κ3) is 5.12. The van der Waals surface area contributed by atoms with Crippen LogP contribution < -0.4 is 10.1 Å². The summed E-state index contributed by atoms with van der Waals surface area (Å²) in [6.45, 7) is 0.409. The summed E-state index contributed by atoms with van der Waals surface area (Å²) in [5.41, 5.74) is 3.01. The van der Waals surface area contributed by atoms with Gasteiger partial charge in [0, 0.05) is 17.3 Å². The number of allylic oxidation sites excluding steroid dienone is 1. The van der Waals surface area contributed by atoms with Crippen molar-refractivity contribution in [1.82, 2.24) is 0 Å². The topological polar surface area (TPSA) is 58.6 Å². The molecule has 132 valence electrons. The summed E-state index contributed by atoms with van der Waals surface area (Å²) < 4.78 is 29.5. The van der Waals surface area contributed by atoms with Gasteiger partial charge in [0.2, 0.25) is 5.91 Å². The van der Waals surface area contributed by atoms with E-state index in [0.29, 0.717) is 22.4 Å². The monoisotopic (exact) mass is 347 g/mol. The van der Waals surface area contributed by atoms with Gasteiger partial charge in [-0.1, -0.05) is 30.3 Å². The summed E-state index contributed by atoms with van der Waals surface area (Å²) in [6, 6.07) is 11.5. The number of carbonyl (C=O) groups excluding carboxylic acids is 1. The van der Waals surface area contributed by atoms with Crippen LogP contribution in [-0.4, -0.2) is 17.6 Å². The number of benzene rings is 2. The van der Waals surface area contributed by atoms with E-state index in [1.165, 1.54) is 12.1 Å². The molecule has 0 aliphatic rings. The van der Waals surface area contributed by atoms with E-state index in [1.807, 2.05) is 6.92 Å². The molecule has 0 fully saturated rings. The normalized spacial score (nSPS) is 11.5. The van der Waals surface area contributed by atoms with Crippen LogP contribution in [0.5, 0.6) is 5.75 Å². The van der Waals surface area contributed by atoms with Gasteiger partial charge in [-0.05, 0) is 42.7 Å². The van der Waals surface area contributed by atoms with Crippen LogP contribution in [0.2, 0.25) is 0 Å². The molecule has 6 heteroatoms. The predicted octanol–water partition coefficient (Wildman–Crippen LogP) is 4.13. The molecule has 2 N–H and O–H groups in total. The van der Waals surface area contributed by atoms with Gasteiger partial charge in [0.1, 0.15) is 5.75 Å². The van der Waals surface area contributed by atoms with Crippen molar-refractivity contribution in [2.45, 2.75) is 27.1 Å². The molecule has 1 amide bonds. The van der Waals surface area contributed by atoms with Gasteiger partial charge < -0.3 is 15.2 Å². The highest BCUT2D eigenvalue weighted by Gasteiger charge is 2.11. The van der Waals surface area contributed by atoms with Gasteiger partial charge in [0.25, 0.3) is 0 Å². The number of nitrogens with one attached hydrogen (secondary N) is 1. The maximum Gasteiger partial charge on any atom is 0.387 e. The standard InChI is InChI=1S/C19H19F2NO3/c1-12-7-8-14(11-23)10-16(12)22-18(24)9-13(2)15-5-3-4-6-17(15)25-19(20)21/h3-10,19,23H,11H2,1-2H3,(H,22,24)/b13-9-. The highest BCUT2D eigenvalue weighted by molar-refractivity contribution is 6.04. The first-order valence-electron chi connectivity index (χ1n) is 7.64. The van der Waals surface area contributed by atoms with Crippen molar-refractivity contribution in [3.8, 4) is 5.75 Å². The third-order valence-corrected chi connectivity index (χ3v) is 3.62.